The molecule has 150 valence electrons. The lowest BCUT2D eigenvalue weighted by molar-refractivity contribution is -0.121. The molecule has 0 aliphatic heterocycles. The molecule has 0 saturated carbocycles. The van der Waals surface area contributed by atoms with Crippen LogP contribution in [0.25, 0.3) is 11.3 Å². The predicted octanol–water partition coefficient (Wildman–Crippen LogP) is 0.600. The summed E-state index contributed by atoms with van der Waals surface area (Å²) in [6.07, 6.45) is 2.91. The first-order valence-electron chi connectivity index (χ1n) is 8.99. The van der Waals surface area contributed by atoms with Crippen LogP contribution in [0, 0.1) is 6.92 Å². The van der Waals surface area contributed by atoms with Crippen molar-refractivity contribution >= 4 is 5.91 Å². The SMILES string of the molecule is COc1ccccc1-c1ccc(=O)n(CC(=O)NCCn2cncc(C)c2=O)n1. The van der Waals surface area contributed by atoms with Crippen LogP contribution in [0.1, 0.15) is 5.56 Å². The molecule has 0 aliphatic rings. The predicted molar refractivity (Wildman–Crippen MR) is 107 cm³/mol. The molecule has 29 heavy (non-hydrogen) atoms. The van der Waals surface area contributed by atoms with E-state index in [1.54, 1.807) is 26.2 Å². The van der Waals surface area contributed by atoms with E-state index in [0.29, 0.717) is 17.0 Å². The van der Waals surface area contributed by atoms with E-state index >= 15 is 0 Å². The van der Waals surface area contributed by atoms with Gasteiger partial charge in [-0.05, 0) is 25.1 Å². The van der Waals surface area contributed by atoms with Crippen molar-refractivity contribution in [2.75, 3.05) is 13.7 Å². The molecule has 9 nitrogen and oxygen atoms in total. The first-order valence-corrected chi connectivity index (χ1v) is 8.99. The number of rotatable bonds is 7. The van der Waals surface area contributed by atoms with Crippen molar-refractivity contribution in [1.82, 2.24) is 24.6 Å². The van der Waals surface area contributed by atoms with Gasteiger partial charge in [-0.15, -0.1) is 0 Å². The Balaban J connectivity index is 1.68. The zero-order valence-corrected chi connectivity index (χ0v) is 16.2. The van der Waals surface area contributed by atoms with Crippen LogP contribution in [0.3, 0.4) is 0 Å². The number of methoxy groups -OCH3 is 1. The number of nitrogens with zero attached hydrogens (tertiary/aromatic N) is 4. The van der Waals surface area contributed by atoms with E-state index in [0.717, 1.165) is 10.2 Å². The van der Waals surface area contributed by atoms with Crippen molar-refractivity contribution in [2.45, 2.75) is 20.0 Å². The standard InChI is InChI=1S/C20H21N5O4/c1-14-11-21-13-24(20(14)28)10-9-22-18(26)12-25-19(27)8-7-16(23-25)15-5-3-4-6-17(15)29-2/h3-8,11,13H,9-10,12H2,1-2H3,(H,22,26). The molecule has 0 bridgehead atoms. The number of hydrogen-bond donors (Lipinski definition) is 1. The zero-order valence-electron chi connectivity index (χ0n) is 16.2. The molecule has 0 saturated heterocycles. The van der Waals surface area contributed by atoms with Gasteiger partial charge in [0.2, 0.25) is 5.91 Å². The maximum atomic E-state index is 12.2. The molecule has 0 spiro atoms. The quantitative estimate of drug-likeness (QED) is 0.628. The number of carbonyl (C=O) groups excluding carboxylic acids is 1. The average molecular weight is 395 g/mol. The molecule has 2 aromatic heterocycles. The van der Waals surface area contributed by atoms with Crippen LogP contribution in [0.15, 0.2) is 58.5 Å². The zero-order chi connectivity index (χ0) is 20.8. The van der Waals surface area contributed by atoms with Gasteiger partial charge >= 0.3 is 0 Å². The number of nitrogens with one attached hydrogen (secondary N) is 1. The van der Waals surface area contributed by atoms with Crippen molar-refractivity contribution in [1.29, 1.82) is 0 Å². The minimum Gasteiger partial charge on any atom is -0.496 e. The second-order valence-electron chi connectivity index (χ2n) is 6.34. The van der Waals surface area contributed by atoms with Gasteiger partial charge in [0.05, 0.1) is 19.1 Å². The Morgan fingerprint density at radius 2 is 1.97 bits per heavy atom. The van der Waals surface area contributed by atoms with Crippen molar-refractivity contribution in [3.63, 3.8) is 0 Å². The molecule has 0 unspecified atom stereocenters. The highest BCUT2D eigenvalue weighted by Crippen LogP contribution is 2.26. The number of aryl methyl sites for hydroxylation is 1. The van der Waals surface area contributed by atoms with E-state index in [1.165, 1.54) is 23.2 Å². The van der Waals surface area contributed by atoms with Crippen molar-refractivity contribution in [2.24, 2.45) is 0 Å². The lowest BCUT2D eigenvalue weighted by atomic mass is 10.1. The van der Waals surface area contributed by atoms with E-state index in [9.17, 15) is 14.4 Å². The third-order valence-electron chi connectivity index (χ3n) is 4.29. The highest BCUT2D eigenvalue weighted by molar-refractivity contribution is 5.75. The molecule has 1 amide bonds. The first kappa shape index (κ1) is 20.0. The summed E-state index contributed by atoms with van der Waals surface area (Å²) in [5.41, 5.74) is 1.22. The summed E-state index contributed by atoms with van der Waals surface area (Å²) in [5, 5.41) is 6.97. The average Bonchev–Trinajstić information content (AvgIpc) is 2.72. The minimum absolute atomic E-state index is 0.156. The summed E-state index contributed by atoms with van der Waals surface area (Å²) in [7, 11) is 1.55. The third kappa shape index (κ3) is 4.75. The Labute approximate surface area is 166 Å². The van der Waals surface area contributed by atoms with Gasteiger partial charge in [0.1, 0.15) is 12.3 Å². The van der Waals surface area contributed by atoms with Crippen LogP contribution in [0.2, 0.25) is 0 Å². The number of carbonyl (C=O) groups is 1. The van der Waals surface area contributed by atoms with Crippen LogP contribution >= 0.6 is 0 Å². The van der Waals surface area contributed by atoms with Gasteiger partial charge in [-0.3, -0.25) is 19.0 Å². The Kier molecular flexibility index (Phi) is 6.18. The molecule has 0 aliphatic carbocycles. The number of hydrogen-bond acceptors (Lipinski definition) is 6. The highest BCUT2D eigenvalue weighted by atomic mass is 16.5. The maximum Gasteiger partial charge on any atom is 0.267 e. The van der Waals surface area contributed by atoms with Gasteiger partial charge in [0.25, 0.3) is 11.1 Å². The van der Waals surface area contributed by atoms with Crippen LogP contribution in [-0.2, 0) is 17.9 Å². The number of benzene rings is 1. The van der Waals surface area contributed by atoms with E-state index in [1.807, 2.05) is 18.2 Å². The van der Waals surface area contributed by atoms with Gasteiger partial charge in [-0.1, -0.05) is 12.1 Å². The second kappa shape index (κ2) is 8.96. The number of aromatic nitrogens is 4. The summed E-state index contributed by atoms with van der Waals surface area (Å²) in [6, 6.07) is 10.2. The van der Waals surface area contributed by atoms with Crippen molar-refractivity contribution in [3.8, 4) is 17.0 Å². The third-order valence-corrected chi connectivity index (χ3v) is 4.29. The van der Waals surface area contributed by atoms with E-state index in [2.05, 4.69) is 15.4 Å². The van der Waals surface area contributed by atoms with Gasteiger partial charge in [-0.25, -0.2) is 9.67 Å². The molecule has 0 fully saturated rings. The highest BCUT2D eigenvalue weighted by Gasteiger charge is 2.11. The number of amides is 1. The lowest BCUT2D eigenvalue weighted by Gasteiger charge is -2.11. The fourth-order valence-electron chi connectivity index (χ4n) is 2.79. The van der Waals surface area contributed by atoms with Gasteiger partial charge in [-0.2, -0.15) is 5.10 Å². The van der Waals surface area contributed by atoms with Gasteiger partial charge in [0, 0.05) is 36.5 Å². The molecular weight excluding hydrogens is 374 g/mol. The van der Waals surface area contributed by atoms with Crippen LogP contribution in [-0.4, -0.2) is 38.9 Å². The van der Waals surface area contributed by atoms with Crippen molar-refractivity contribution in [3.05, 3.63) is 75.2 Å². The van der Waals surface area contributed by atoms with E-state index < -0.39 is 5.56 Å². The molecule has 3 aromatic rings. The monoisotopic (exact) mass is 395 g/mol. The molecule has 2 heterocycles. The van der Waals surface area contributed by atoms with Crippen molar-refractivity contribution < 1.29 is 9.53 Å². The number of ether oxygens (including phenoxy) is 1. The fourth-order valence-corrected chi connectivity index (χ4v) is 2.79. The summed E-state index contributed by atoms with van der Waals surface area (Å²) < 4.78 is 7.84. The molecule has 3 rings (SSSR count). The van der Waals surface area contributed by atoms with Crippen LogP contribution in [0.4, 0.5) is 0 Å². The van der Waals surface area contributed by atoms with E-state index in [4.69, 9.17) is 4.74 Å². The molecule has 0 atom stereocenters. The van der Waals surface area contributed by atoms with Gasteiger partial charge in [0.15, 0.2) is 0 Å². The maximum absolute atomic E-state index is 12.2. The second-order valence-corrected chi connectivity index (χ2v) is 6.34. The summed E-state index contributed by atoms with van der Waals surface area (Å²) in [5.74, 6) is 0.234. The summed E-state index contributed by atoms with van der Waals surface area (Å²) in [4.78, 5) is 40.3. The fraction of sp³-hybridized carbons (Fsp3) is 0.250. The lowest BCUT2D eigenvalue weighted by Crippen LogP contribution is -2.36. The molecule has 0 radical (unpaired) electrons. The molecular formula is C20H21N5O4. The largest absolute Gasteiger partial charge is 0.496 e. The topological polar surface area (TPSA) is 108 Å². The molecule has 9 heteroatoms. The molecule has 1 N–H and O–H groups in total. The minimum atomic E-state index is -0.391. The summed E-state index contributed by atoms with van der Waals surface area (Å²) >= 11 is 0. The first-order chi connectivity index (χ1) is 14.0. The smallest absolute Gasteiger partial charge is 0.267 e. The van der Waals surface area contributed by atoms with Gasteiger partial charge < -0.3 is 10.1 Å². The summed E-state index contributed by atoms with van der Waals surface area (Å²) in [6.45, 7) is 1.95. The Hall–Kier alpha value is -3.75. The normalized spacial score (nSPS) is 10.6. The Bertz CT molecular complexity index is 1140. The van der Waals surface area contributed by atoms with E-state index in [-0.39, 0.29) is 31.1 Å². The van der Waals surface area contributed by atoms with Crippen LogP contribution < -0.4 is 21.2 Å². The Morgan fingerprint density at radius 3 is 2.76 bits per heavy atom. The number of para-hydroxylation sites is 1. The Morgan fingerprint density at radius 1 is 1.17 bits per heavy atom. The molecule has 1 aromatic carbocycles. The van der Waals surface area contributed by atoms with Crippen LogP contribution in [0.5, 0.6) is 5.75 Å².